The molecule has 6 heteroatoms. The topological polar surface area (TPSA) is 52.6 Å². The van der Waals surface area contributed by atoms with E-state index < -0.39 is 16.6 Å². The average Bonchev–Trinajstić information content (AvgIpc) is 2.71. The fourth-order valence-electron chi connectivity index (χ4n) is 6.61. The first-order valence-electron chi connectivity index (χ1n) is 13.0. The molecule has 0 aliphatic heterocycles. The zero-order valence-corrected chi connectivity index (χ0v) is 25.4. The Hall–Kier alpha value is -1.67. The Morgan fingerprint density at radius 1 is 0.618 bits per heavy atom. The summed E-state index contributed by atoms with van der Waals surface area (Å²) >= 11 is 0. The Bertz CT molecular complexity index is 898. The molecule has 1 aromatic rings. The molecule has 2 rings (SSSR count). The monoisotopic (exact) mass is 502 g/mol. The highest BCUT2D eigenvalue weighted by molar-refractivity contribution is 6.78. The van der Waals surface area contributed by atoms with E-state index in [1.54, 1.807) is 6.07 Å². The highest BCUT2D eigenvalue weighted by Crippen LogP contribution is 2.46. The van der Waals surface area contributed by atoms with Crippen LogP contribution in [0.5, 0.6) is 5.75 Å². The number of benzene rings is 1. The number of Topliss-reactive ketones (excluding diaryl/α,β-unsaturated/α-hetero) is 1. The van der Waals surface area contributed by atoms with Gasteiger partial charge in [-0.2, -0.15) is 0 Å². The Labute approximate surface area is 209 Å². The maximum Gasteiger partial charge on any atom is 0.258 e. The van der Waals surface area contributed by atoms with Crippen LogP contribution in [0.3, 0.4) is 0 Å². The minimum atomic E-state index is -2.37. The van der Waals surface area contributed by atoms with Gasteiger partial charge in [0.25, 0.3) is 16.6 Å². The number of ketones is 2. The predicted molar refractivity (Wildman–Crippen MR) is 147 cm³/mol. The van der Waals surface area contributed by atoms with Gasteiger partial charge in [0.1, 0.15) is 5.75 Å². The highest BCUT2D eigenvalue weighted by Gasteiger charge is 2.50. The molecule has 0 heterocycles. The van der Waals surface area contributed by atoms with E-state index in [2.05, 4.69) is 83.1 Å². The summed E-state index contributed by atoms with van der Waals surface area (Å²) in [6.07, 6.45) is 1.43. The van der Waals surface area contributed by atoms with Crippen molar-refractivity contribution in [3.05, 3.63) is 41.2 Å². The van der Waals surface area contributed by atoms with E-state index in [4.69, 9.17) is 8.85 Å². The molecule has 0 atom stereocenters. The van der Waals surface area contributed by atoms with Gasteiger partial charge in [0.15, 0.2) is 11.5 Å². The van der Waals surface area contributed by atoms with Crippen molar-refractivity contribution in [2.24, 2.45) is 0 Å². The molecule has 0 saturated heterocycles. The van der Waals surface area contributed by atoms with Crippen molar-refractivity contribution in [3.63, 3.8) is 0 Å². The van der Waals surface area contributed by atoms with Gasteiger partial charge in [0.2, 0.25) is 5.78 Å². The molecule has 0 radical (unpaired) electrons. The van der Waals surface area contributed by atoms with Crippen LogP contribution in [0.4, 0.5) is 0 Å². The summed E-state index contributed by atoms with van der Waals surface area (Å²) in [4.78, 5) is 27.2. The van der Waals surface area contributed by atoms with Crippen LogP contribution >= 0.6 is 0 Å². The van der Waals surface area contributed by atoms with Crippen molar-refractivity contribution >= 4 is 28.2 Å². The maximum atomic E-state index is 13.7. The van der Waals surface area contributed by atoms with Crippen molar-refractivity contribution in [3.8, 4) is 5.75 Å². The second-order valence-corrected chi connectivity index (χ2v) is 22.5. The van der Waals surface area contributed by atoms with Crippen LogP contribution in [0.15, 0.2) is 30.0 Å². The van der Waals surface area contributed by atoms with E-state index >= 15 is 0 Å². The first-order valence-corrected chi connectivity index (χ1v) is 17.2. The van der Waals surface area contributed by atoms with Crippen molar-refractivity contribution in [2.75, 3.05) is 0 Å². The second kappa shape index (κ2) is 10.5. The number of hydrogen-bond donors (Lipinski definition) is 0. The quantitative estimate of drug-likeness (QED) is 0.300. The summed E-state index contributed by atoms with van der Waals surface area (Å²) in [7, 11) is -4.66. The summed E-state index contributed by atoms with van der Waals surface area (Å²) in [5.41, 5.74) is 2.81. The third-order valence-electron chi connectivity index (χ3n) is 7.99. The van der Waals surface area contributed by atoms with Crippen LogP contribution in [0.25, 0.3) is 0 Å². The minimum Gasteiger partial charge on any atom is -0.542 e. The standard InChI is InChI=1S/C28H46O4Si2/c1-17(2)33(18(3)4,19(5)6)31-25-15-13-14-23-27(25)24(29)16-26(28(23)30)32-34(20(7)8,21(9)10)22(11)12/h13-22H,1-12H3. The summed E-state index contributed by atoms with van der Waals surface area (Å²) in [6, 6.07) is 5.43. The van der Waals surface area contributed by atoms with Crippen LogP contribution in [-0.2, 0) is 4.43 Å². The number of carbonyl (C=O) groups excluding carboxylic acids is 2. The third-order valence-corrected chi connectivity index (χ3v) is 20.0. The Balaban J connectivity index is 2.59. The number of hydrogen-bond acceptors (Lipinski definition) is 4. The fourth-order valence-corrected chi connectivity index (χ4v) is 17.1. The molecule has 0 bridgehead atoms. The number of rotatable bonds is 10. The van der Waals surface area contributed by atoms with Crippen molar-refractivity contribution in [1.82, 2.24) is 0 Å². The molecule has 1 aliphatic carbocycles. The molecule has 1 aromatic carbocycles. The van der Waals surface area contributed by atoms with Crippen LogP contribution in [0.2, 0.25) is 33.2 Å². The molecular weight excluding hydrogens is 456 g/mol. The molecule has 0 N–H and O–H groups in total. The van der Waals surface area contributed by atoms with Crippen LogP contribution in [0.1, 0.15) is 104 Å². The Morgan fingerprint density at radius 3 is 1.44 bits per heavy atom. The SMILES string of the molecule is CC(C)[Si](OC1=CC(=O)c2c(O[Si](C(C)C)(C(C)C)C(C)C)cccc2C1=O)(C(C)C)C(C)C. The fraction of sp³-hybridized carbons (Fsp3) is 0.643. The van der Waals surface area contributed by atoms with Crippen molar-refractivity contribution < 1.29 is 18.4 Å². The molecule has 0 fully saturated rings. The van der Waals surface area contributed by atoms with Gasteiger partial charge in [-0.1, -0.05) is 89.2 Å². The first kappa shape index (κ1) is 28.6. The van der Waals surface area contributed by atoms with Gasteiger partial charge in [-0.05, 0) is 45.4 Å². The zero-order valence-electron chi connectivity index (χ0n) is 23.4. The molecule has 0 unspecified atom stereocenters. The minimum absolute atomic E-state index is 0.196. The highest BCUT2D eigenvalue weighted by atomic mass is 28.4. The molecule has 1 aliphatic rings. The number of fused-ring (bicyclic) bond motifs is 1. The lowest BCUT2D eigenvalue weighted by molar-refractivity contribution is 0.0939. The van der Waals surface area contributed by atoms with E-state index in [1.807, 2.05) is 12.1 Å². The van der Waals surface area contributed by atoms with E-state index in [1.165, 1.54) is 6.08 Å². The van der Waals surface area contributed by atoms with E-state index in [0.717, 1.165) is 0 Å². The molecule has 0 saturated carbocycles. The van der Waals surface area contributed by atoms with Gasteiger partial charge in [-0.25, -0.2) is 0 Å². The largest absolute Gasteiger partial charge is 0.542 e. The molecule has 0 amide bonds. The maximum absolute atomic E-state index is 13.7. The number of carbonyl (C=O) groups is 2. The van der Waals surface area contributed by atoms with Crippen molar-refractivity contribution in [1.29, 1.82) is 0 Å². The second-order valence-electron chi connectivity index (χ2n) is 11.7. The Morgan fingerprint density at radius 2 is 1.03 bits per heavy atom. The summed E-state index contributed by atoms with van der Waals surface area (Å²) in [5, 5.41) is 0. The van der Waals surface area contributed by atoms with Gasteiger partial charge < -0.3 is 8.85 Å². The van der Waals surface area contributed by atoms with Gasteiger partial charge in [-0.15, -0.1) is 0 Å². The molecule has 0 spiro atoms. The zero-order chi connectivity index (χ0) is 26.2. The molecular formula is C28H46O4Si2. The average molecular weight is 503 g/mol. The van der Waals surface area contributed by atoms with Gasteiger partial charge in [0, 0.05) is 11.6 Å². The van der Waals surface area contributed by atoms with Crippen LogP contribution in [0, 0.1) is 0 Å². The number of allylic oxidation sites excluding steroid dienone is 2. The van der Waals surface area contributed by atoms with E-state index in [9.17, 15) is 9.59 Å². The van der Waals surface area contributed by atoms with Crippen LogP contribution in [-0.4, -0.2) is 28.2 Å². The molecule has 4 nitrogen and oxygen atoms in total. The van der Waals surface area contributed by atoms with Gasteiger partial charge in [-0.3, -0.25) is 9.59 Å². The smallest absolute Gasteiger partial charge is 0.258 e. The molecule has 190 valence electrons. The van der Waals surface area contributed by atoms with Gasteiger partial charge in [0.05, 0.1) is 5.56 Å². The normalized spacial score (nSPS) is 15.2. The summed E-state index contributed by atoms with van der Waals surface area (Å²) in [6.45, 7) is 26.4. The lowest BCUT2D eigenvalue weighted by atomic mass is 9.93. The summed E-state index contributed by atoms with van der Waals surface area (Å²) < 4.78 is 13.5. The molecule has 34 heavy (non-hydrogen) atoms. The third kappa shape index (κ3) is 4.72. The predicted octanol–water partition coefficient (Wildman–Crippen LogP) is 8.70. The van der Waals surface area contributed by atoms with Crippen LogP contribution < -0.4 is 4.43 Å². The molecule has 0 aromatic heterocycles. The Kier molecular flexibility index (Phi) is 8.85. The van der Waals surface area contributed by atoms with E-state index in [0.29, 0.717) is 50.1 Å². The summed E-state index contributed by atoms with van der Waals surface area (Å²) in [5.74, 6) is 0.356. The van der Waals surface area contributed by atoms with E-state index in [-0.39, 0.29) is 17.3 Å². The van der Waals surface area contributed by atoms with Gasteiger partial charge >= 0.3 is 0 Å². The lowest BCUT2D eigenvalue weighted by Crippen LogP contribution is -2.51. The van der Waals surface area contributed by atoms with Crippen molar-refractivity contribution in [2.45, 2.75) is 116 Å². The first-order chi connectivity index (χ1) is 15.6. The lowest BCUT2D eigenvalue weighted by Gasteiger charge is -2.43.